The number of benzene rings is 1. The van der Waals surface area contributed by atoms with Gasteiger partial charge in [0.25, 0.3) is 0 Å². The number of ether oxygens (including phenoxy) is 2. The number of hydrogen-bond donors (Lipinski definition) is 1. The molecule has 0 heterocycles. The molecule has 0 fully saturated rings. The van der Waals surface area contributed by atoms with Gasteiger partial charge < -0.3 is 14.8 Å². The molecule has 0 saturated carbocycles. The van der Waals surface area contributed by atoms with Crippen molar-refractivity contribution in [1.82, 2.24) is 5.32 Å². The third-order valence-corrected chi connectivity index (χ3v) is 3.79. The molecule has 0 aliphatic carbocycles. The van der Waals surface area contributed by atoms with Crippen LogP contribution in [-0.2, 0) is 0 Å². The second-order valence-corrected chi connectivity index (χ2v) is 5.05. The van der Waals surface area contributed by atoms with Gasteiger partial charge in [-0.25, -0.2) is 0 Å². The third-order valence-electron chi connectivity index (χ3n) is 3.79. The summed E-state index contributed by atoms with van der Waals surface area (Å²) >= 11 is 0. The van der Waals surface area contributed by atoms with Crippen LogP contribution >= 0.6 is 0 Å². The van der Waals surface area contributed by atoms with Crippen molar-refractivity contribution in [2.45, 2.75) is 46.1 Å². The molecular formula is C16H27NO2. The molecule has 3 nitrogen and oxygen atoms in total. The molecule has 3 heteroatoms. The lowest BCUT2D eigenvalue weighted by atomic mass is 9.90. The minimum atomic E-state index is 0.436. The molecule has 0 radical (unpaired) electrons. The maximum atomic E-state index is 5.47. The monoisotopic (exact) mass is 265 g/mol. The summed E-state index contributed by atoms with van der Waals surface area (Å²) in [5, 5.41) is 3.55. The van der Waals surface area contributed by atoms with Crippen molar-refractivity contribution in [2.24, 2.45) is 0 Å². The lowest BCUT2D eigenvalue weighted by molar-refractivity contribution is 0.351. The zero-order chi connectivity index (χ0) is 14.4. The molecule has 0 aliphatic rings. The predicted octanol–water partition coefficient (Wildman–Crippen LogP) is 3.50. The Morgan fingerprint density at radius 3 is 2.37 bits per heavy atom. The van der Waals surface area contributed by atoms with Crippen LogP contribution in [0.5, 0.6) is 11.5 Å². The van der Waals surface area contributed by atoms with E-state index in [2.05, 4.69) is 39.1 Å². The van der Waals surface area contributed by atoms with Crippen LogP contribution in [0.4, 0.5) is 0 Å². The molecule has 1 aromatic rings. The Kier molecular flexibility index (Phi) is 6.16. The van der Waals surface area contributed by atoms with E-state index in [1.807, 2.05) is 6.07 Å². The first-order chi connectivity index (χ1) is 9.06. The van der Waals surface area contributed by atoms with Gasteiger partial charge >= 0.3 is 0 Å². The normalized spacial score (nSPS) is 14.0. The van der Waals surface area contributed by atoms with Crippen molar-refractivity contribution in [2.75, 3.05) is 20.8 Å². The second-order valence-electron chi connectivity index (χ2n) is 5.05. The second kappa shape index (κ2) is 7.39. The van der Waals surface area contributed by atoms with Crippen LogP contribution in [0.15, 0.2) is 12.1 Å². The molecule has 1 N–H and O–H groups in total. The van der Waals surface area contributed by atoms with Gasteiger partial charge in [-0.05, 0) is 49.9 Å². The van der Waals surface area contributed by atoms with Gasteiger partial charge in [0.1, 0.15) is 0 Å². The zero-order valence-corrected chi connectivity index (χ0v) is 13.0. The largest absolute Gasteiger partial charge is 0.493 e. The minimum absolute atomic E-state index is 0.436. The molecule has 1 rings (SSSR count). The van der Waals surface area contributed by atoms with Gasteiger partial charge in [0, 0.05) is 6.04 Å². The predicted molar refractivity (Wildman–Crippen MR) is 80.5 cm³/mol. The summed E-state index contributed by atoms with van der Waals surface area (Å²) in [4.78, 5) is 0. The van der Waals surface area contributed by atoms with E-state index in [0.717, 1.165) is 24.5 Å². The number of rotatable bonds is 7. The Balaban J connectivity index is 3.00. The van der Waals surface area contributed by atoms with E-state index < -0.39 is 0 Å². The van der Waals surface area contributed by atoms with Crippen molar-refractivity contribution in [3.05, 3.63) is 23.3 Å². The summed E-state index contributed by atoms with van der Waals surface area (Å²) in [5.41, 5.74) is 2.48. The van der Waals surface area contributed by atoms with E-state index in [0.29, 0.717) is 12.0 Å². The smallest absolute Gasteiger partial charge is 0.163 e. The van der Waals surface area contributed by atoms with Crippen molar-refractivity contribution in [1.29, 1.82) is 0 Å². The Bertz CT molecular complexity index is 404. The summed E-state index contributed by atoms with van der Waals surface area (Å²) in [5.74, 6) is 2.08. The van der Waals surface area contributed by atoms with Crippen molar-refractivity contribution in [3.63, 3.8) is 0 Å². The van der Waals surface area contributed by atoms with Gasteiger partial charge in [-0.3, -0.25) is 0 Å². The van der Waals surface area contributed by atoms with Gasteiger partial charge in [-0.15, -0.1) is 0 Å². The zero-order valence-electron chi connectivity index (χ0n) is 13.0. The fraction of sp³-hybridized carbons (Fsp3) is 0.625. The minimum Gasteiger partial charge on any atom is -0.493 e. The summed E-state index contributed by atoms with van der Waals surface area (Å²) in [6, 6.07) is 4.58. The first kappa shape index (κ1) is 15.8. The van der Waals surface area contributed by atoms with Crippen molar-refractivity contribution in [3.8, 4) is 11.5 Å². The first-order valence-electron chi connectivity index (χ1n) is 7.01. The molecule has 0 saturated heterocycles. The Labute approximate surface area is 117 Å². The number of hydrogen-bond acceptors (Lipinski definition) is 3. The first-order valence-corrected chi connectivity index (χ1v) is 7.01. The topological polar surface area (TPSA) is 30.5 Å². The highest BCUT2D eigenvalue weighted by atomic mass is 16.5. The van der Waals surface area contributed by atoms with Crippen LogP contribution in [0, 0.1) is 6.92 Å². The van der Waals surface area contributed by atoms with Gasteiger partial charge in [0.05, 0.1) is 14.2 Å². The highest BCUT2D eigenvalue weighted by Crippen LogP contribution is 2.36. The van der Waals surface area contributed by atoms with E-state index in [1.165, 1.54) is 11.1 Å². The molecule has 0 aliphatic heterocycles. The van der Waals surface area contributed by atoms with Crippen molar-refractivity contribution < 1.29 is 9.47 Å². The molecule has 19 heavy (non-hydrogen) atoms. The maximum absolute atomic E-state index is 5.47. The Hall–Kier alpha value is -1.22. The molecule has 1 aromatic carbocycles. The van der Waals surface area contributed by atoms with Gasteiger partial charge in [-0.2, -0.15) is 0 Å². The van der Waals surface area contributed by atoms with Crippen LogP contribution in [-0.4, -0.2) is 26.8 Å². The van der Waals surface area contributed by atoms with Gasteiger partial charge in [0.2, 0.25) is 0 Å². The fourth-order valence-electron chi connectivity index (χ4n) is 2.41. The highest BCUT2D eigenvalue weighted by Gasteiger charge is 2.19. The van der Waals surface area contributed by atoms with E-state index in [-0.39, 0.29) is 0 Å². The average Bonchev–Trinajstić information content (AvgIpc) is 2.43. The van der Waals surface area contributed by atoms with E-state index in [9.17, 15) is 0 Å². The number of nitrogens with one attached hydrogen (secondary N) is 1. The van der Waals surface area contributed by atoms with Gasteiger partial charge in [-0.1, -0.05) is 19.9 Å². The van der Waals surface area contributed by atoms with E-state index >= 15 is 0 Å². The summed E-state index contributed by atoms with van der Waals surface area (Å²) < 4.78 is 10.8. The molecule has 108 valence electrons. The van der Waals surface area contributed by atoms with Crippen LogP contribution in [0.1, 0.15) is 44.2 Å². The molecule has 0 aromatic heterocycles. The summed E-state index contributed by atoms with van der Waals surface area (Å²) in [6.45, 7) is 9.82. The molecular weight excluding hydrogens is 238 g/mol. The highest BCUT2D eigenvalue weighted by molar-refractivity contribution is 5.51. The van der Waals surface area contributed by atoms with Crippen LogP contribution in [0.3, 0.4) is 0 Å². The lowest BCUT2D eigenvalue weighted by Gasteiger charge is -2.24. The average molecular weight is 265 g/mol. The number of methoxy groups -OCH3 is 2. The standard InChI is InChI=1S/C16H27NO2/c1-7-10-17-13(4)11(2)14-8-9-15(18-5)16(19-6)12(14)3/h8-9,11,13,17H,7,10H2,1-6H3. The van der Waals surface area contributed by atoms with E-state index in [1.54, 1.807) is 14.2 Å². The third kappa shape index (κ3) is 3.63. The molecule has 2 unspecified atom stereocenters. The fourth-order valence-corrected chi connectivity index (χ4v) is 2.41. The Morgan fingerprint density at radius 1 is 1.16 bits per heavy atom. The quantitative estimate of drug-likeness (QED) is 0.818. The van der Waals surface area contributed by atoms with E-state index in [4.69, 9.17) is 9.47 Å². The lowest BCUT2D eigenvalue weighted by Crippen LogP contribution is -2.31. The molecule has 2 atom stereocenters. The van der Waals surface area contributed by atoms with Crippen LogP contribution in [0.2, 0.25) is 0 Å². The van der Waals surface area contributed by atoms with Crippen LogP contribution < -0.4 is 14.8 Å². The SMILES string of the molecule is CCCNC(C)C(C)c1ccc(OC)c(OC)c1C. The maximum Gasteiger partial charge on any atom is 0.163 e. The summed E-state index contributed by atoms with van der Waals surface area (Å²) in [7, 11) is 3.36. The van der Waals surface area contributed by atoms with Gasteiger partial charge in [0.15, 0.2) is 11.5 Å². The molecule has 0 spiro atoms. The Morgan fingerprint density at radius 2 is 1.84 bits per heavy atom. The summed E-state index contributed by atoms with van der Waals surface area (Å²) in [6.07, 6.45) is 1.15. The van der Waals surface area contributed by atoms with Crippen LogP contribution in [0.25, 0.3) is 0 Å². The molecule has 0 bridgehead atoms. The van der Waals surface area contributed by atoms with Crippen molar-refractivity contribution >= 4 is 0 Å². The molecule has 0 amide bonds.